The summed E-state index contributed by atoms with van der Waals surface area (Å²) < 4.78 is 44.6. The molecule has 0 fully saturated rings. The first-order chi connectivity index (χ1) is 11.8. The summed E-state index contributed by atoms with van der Waals surface area (Å²) in [5, 5.41) is 14.9. The van der Waals surface area contributed by atoms with Crippen molar-refractivity contribution in [3.05, 3.63) is 41.6 Å². The molecule has 2 aromatic rings. The van der Waals surface area contributed by atoms with Gasteiger partial charge in [-0.3, -0.25) is 4.68 Å². The second-order valence-electron chi connectivity index (χ2n) is 5.34. The molecular formula is C15H18F3N3O4. The minimum atomic E-state index is -5.08. The molecule has 1 atom stereocenters. The molecule has 2 aromatic heterocycles. The number of fused-ring (bicyclic) bond motifs is 1. The van der Waals surface area contributed by atoms with Crippen molar-refractivity contribution in [3.8, 4) is 0 Å². The third-order valence-corrected chi connectivity index (χ3v) is 3.38. The van der Waals surface area contributed by atoms with Gasteiger partial charge in [0.15, 0.2) is 0 Å². The van der Waals surface area contributed by atoms with E-state index in [1.165, 1.54) is 5.56 Å². The van der Waals surface area contributed by atoms with Gasteiger partial charge in [-0.15, -0.1) is 0 Å². The number of carboxylic acids is 1. The summed E-state index contributed by atoms with van der Waals surface area (Å²) >= 11 is 0. The number of aryl methyl sites for hydroxylation is 1. The fraction of sp³-hybridized carbons (Fsp3) is 0.467. The van der Waals surface area contributed by atoms with Crippen LogP contribution in [0.4, 0.5) is 13.2 Å². The van der Waals surface area contributed by atoms with Crippen LogP contribution < -0.4 is 5.32 Å². The minimum Gasteiger partial charge on any atom is -0.475 e. The number of carboxylic acid groups (broad SMARTS) is 1. The number of furan rings is 1. The Morgan fingerprint density at radius 1 is 1.52 bits per heavy atom. The summed E-state index contributed by atoms with van der Waals surface area (Å²) in [6.07, 6.45) is -0.315. The topological polar surface area (TPSA) is 89.5 Å². The normalized spacial score (nSPS) is 16.7. The number of halogens is 3. The summed E-state index contributed by atoms with van der Waals surface area (Å²) in [6.45, 7) is 2.24. The lowest BCUT2D eigenvalue weighted by Gasteiger charge is -2.22. The third kappa shape index (κ3) is 5.61. The van der Waals surface area contributed by atoms with E-state index in [2.05, 4.69) is 16.6 Å². The molecule has 0 saturated heterocycles. The summed E-state index contributed by atoms with van der Waals surface area (Å²) in [5.41, 5.74) is 2.37. The van der Waals surface area contributed by atoms with Crippen molar-refractivity contribution in [3.63, 3.8) is 0 Å². The van der Waals surface area contributed by atoms with Gasteiger partial charge in [0.05, 0.1) is 25.1 Å². The minimum absolute atomic E-state index is 0.0462. The van der Waals surface area contributed by atoms with Gasteiger partial charge >= 0.3 is 12.1 Å². The molecule has 3 rings (SSSR count). The number of nitrogens with one attached hydrogen (secondary N) is 1. The van der Waals surface area contributed by atoms with Crippen molar-refractivity contribution in [2.45, 2.75) is 25.2 Å². The SMILES string of the molecule is Cn1cc2c(n1)C(CNCc1ccco1)OCC2.O=C(O)C(F)(F)F. The fourth-order valence-corrected chi connectivity index (χ4v) is 2.30. The van der Waals surface area contributed by atoms with Gasteiger partial charge in [0.25, 0.3) is 0 Å². The largest absolute Gasteiger partial charge is 0.490 e. The van der Waals surface area contributed by atoms with E-state index in [0.29, 0.717) is 0 Å². The van der Waals surface area contributed by atoms with Crippen LogP contribution in [0.15, 0.2) is 29.0 Å². The Bertz CT molecular complexity index is 683. The zero-order chi connectivity index (χ0) is 18.4. The highest BCUT2D eigenvalue weighted by Crippen LogP contribution is 2.24. The van der Waals surface area contributed by atoms with E-state index in [0.717, 1.165) is 37.6 Å². The summed E-state index contributed by atoms with van der Waals surface area (Å²) in [7, 11) is 1.95. The van der Waals surface area contributed by atoms with E-state index in [4.69, 9.17) is 19.1 Å². The van der Waals surface area contributed by atoms with Gasteiger partial charge in [-0.1, -0.05) is 0 Å². The highest BCUT2D eigenvalue weighted by molar-refractivity contribution is 5.73. The van der Waals surface area contributed by atoms with E-state index < -0.39 is 12.1 Å². The summed E-state index contributed by atoms with van der Waals surface area (Å²) in [4.78, 5) is 8.90. The number of rotatable bonds is 4. The second kappa shape index (κ2) is 8.17. The van der Waals surface area contributed by atoms with Gasteiger partial charge in [-0.2, -0.15) is 18.3 Å². The van der Waals surface area contributed by atoms with Crippen molar-refractivity contribution in [1.82, 2.24) is 15.1 Å². The number of alkyl halides is 3. The van der Waals surface area contributed by atoms with E-state index in [1.54, 1.807) is 6.26 Å². The Kier molecular flexibility index (Phi) is 6.21. The number of aliphatic carboxylic acids is 1. The zero-order valence-electron chi connectivity index (χ0n) is 13.4. The Hall–Kier alpha value is -2.33. The highest BCUT2D eigenvalue weighted by atomic mass is 19.4. The molecule has 0 saturated carbocycles. The molecule has 0 spiro atoms. The van der Waals surface area contributed by atoms with Gasteiger partial charge in [-0.05, 0) is 24.1 Å². The first kappa shape index (κ1) is 19.0. The first-order valence-corrected chi connectivity index (χ1v) is 7.44. The van der Waals surface area contributed by atoms with Crippen LogP contribution in [-0.2, 0) is 29.5 Å². The fourth-order valence-electron chi connectivity index (χ4n) is 2.30. The van der Waals surface area contributed by atoms with Crippen molar-refractivity contribution >= 4 is 5.97 Å². The molecule has 25 heavy (non-hydrogen) atoms. The lowest BCUT2D eigenvalue weighted by Crippen LogP contribution is -2.27. The summed E-state index contributed by atoms with van der Waals surface area (Å²) in [6, 6.07) is 3.85. The number of nitrogens with zero attached hydrogens (tertiary/aromatic N) is 2. The molecule has 7 nitrogen and oxygen atoms in total. The maximum atomic E-state index is 10.6. The smallest absolute Gasteiger partial charge is 0.475 e. The molecule has 0 aromatic carbocycles. The van der Waals surface area contributed by atoms with Gasteiger partial charge in [0.1, 0.15) is 11.9 Å². The number of hydrogen-bond donors (Lipinski definition) is 2. The van der Waals surface area contributed by atoms with E-state index in [1.807, 2.05) is 23.9 Å². The maximum absolute atomic E-state index is 10.6. The molecule has 138 valence electrons. The summed E-state index contributed by atoms with van der Waals surface area (Å²) in [5.74, 6) is -1.82. The van der Waals surface area contributed by atoms with Crippen LogP contribution in [-0.4, -0.2) is 40.2 Å². The molecule has 1 aliphatic heterocycles. The Balaban J connectivity index is 0.000000277. The average molecular weight is 361 g/mol. The number of hydrogen-bond acceptors (Lipinski definition) is 5. The quantitative estimate of drug-likeness (QED) is 0.866. The van der Waals surface area contributed by atoms with E-state index >= 15 is 0 Å². The van der Waals surface area contributed by atoms with Gasteiger partial charge in [-0.25, -0.2) is 4.79 Å². The van der Waals surface area contributed by atoms with Crippen LogP contribution in [0.1, 0.15) is 23.1 Å². The first-order valence-electron chi connectivity index (χ1n) is 7.44. The Morgan fingerprint density at radius 2 is 2.24 bits per heavy atom. The van der Waals surface area contributed by atoms with Crippen molar-refractivity contribution in [2.24, 2.45) is 7.05 Å². The molecular weight excluding hydrogens is 343 g/mol. The molecule has 0 bridgehead atoms. The van der Waals surface area contributed by atoms with Crippen molar-refractivity contribution in [1.29, 1.82) is 0 Å². The molecule has 0 amide bonds. The number of carbonyl (C=O) groups is 1. The maximum Gasteiger partial charge on any atom is 0.490 e. The van der Waals surface area contributed by atoms with Crippen LogP contribution in [0.5, 0.6) is 0 Å². The molecule has 0 radical (unpaired) electrons. The monoisotopic (exact) mass is 361 g/mol. The van der Waals surface area contributed by atoms with Crippen LogP contribution in [0, 0.1) is 0 Å². The van der Waals surface area contributed by atoms with Crippen LogP contribution in [0.3, 0.4) is 0 Å². The molecule has 1 unspecified atom stereocenters. The predicted octanol–water partition coefficient (Wildman–Crippen LogP) is 2.05. The lowest BCUT2D eigenvalue weighted by atomic mass is 10.1. The molecule has 10 heteroatoms. The third-order valence-electron chi connectivity index (χ3n) is 3.38. The van der Waals surface area contributed by atoms with Crippen LogP contribution in [0.25, 0.3) is 0 Å². The molecule has 0 aliphatic carbocycles. The number of ether oxygens (including phenoxy) is 1. The molecule has 3 heterocycles. The predicted molar refractivity (Wildman–Crippen MR) is 79.7 cm³/mol. The zero-order valence-corrected chi connectivity index (χ0v) is 13.4. The second-order valence-corrected chi connectivity index (χ2v) is 5.34. The van der Waals surface area contributed by atoms with Gasteiger partial charge in [0.2, 0.25) is 0 Å². The van der Waals surface area contributed by atoms with Gasteiger partial charge in [0, 0.05) is 19.8 Å². The van der Waals surface area contributed by atoms with E-state index in [-0.39, 0.29) is 6.10 Å². The van der Waals surface area contributed by atoms with Crippen molar-refractivity contribution < 1.29 is 32.2 Å². The highest BCUT2D eigenvalue weighted by Gasteiger charge is 2.38. The average Bonchev–Trinajstić information content (AvgIpc) is 3.15. The molecule has 1 aliphatic rings. The van der Waals surface area contributed by atoms with E-state index in [9.17, 15) is 13.2 Å². The number of aromatic nitrogens is 2. The Morgan fingerprint density at radius 3 is 2.84 bits per heavy atom. The van der Waals surface area contributed by atoms with Crippen LogP contribution >= 0.6 is 0 Å². The van der Waals surface area contributed by atoms with Gasteiger partial charge < -0.3 is 19.6 Å². The van der Waals surface area contributed by atoms with Crippen molar-refractivity contribution in [2.75, 3.05) is 13.2 Å². The lowest BCUT2D eigenvalue weighted by molar-refractivity contribution is -0.192. The Labute approximate surface area is 141 Å². The standard InChI is InChI=1S/C13H17N3O2.C2HF3O2/c1-16-9-10-4-6-18-12(13(10)15-16)8-14-7-11-3-2-5-17-11;3-2(4,5)1(6)7/h2-3,5,9,12,14H,4,6-8H2,1H3;(H,6,7). The molecule has 2 N–H and O–H groups in total. The van der Waals surface area contributed by atoms with Crippen LogP contribution in [0.2, 0.25) is 0 Å².